The fourth-order valence-electron chi connectivity index (χ4n) is 3.77. The van der Waals surface area contributed by atoms with E-state index in [0.717, 1.165) is 25.7 Å². The number of aromatic nitrogens is 1. The molecule has 0 spiro atoms. The molecule has 1 aromatic rings. The Bertz CT molecular complexity index is 760. The average Bonchev–Trinajstić information content (AvgIpc) is 2.70. The fraction of sp³-hybridized carbons (Fsp3) is 0.667. The van der Waals surface area contributed by atoms with E-state index in [9.17, 15) is 13.2 Å². The molecule has 2 aliphatic rings. The summed E-state index contributed by atoms with van der Waals surface area (Å²) >= 11 is 5.79. The number of nitrogens with one attached hydrogen (secondary N) is 1. The van der Waals surface area contributed by atoms with Gasteiger partial charge in [-0.15, -0.1) is 0 Å². The van der Waals surface area contributed by atoms with Crippen LogP contribution in [0.4, 0.5) is 5.82 Å². The van der Waals surface area contributed by atoms with Crippen LogP contribution in [0.1, 0.15) is 32.1 Å². The predicted octanol–water partition coefficient (Wildman–Crippen LogP) is 1.80. The summed E-state index contributed by atoms with van der Waals surface area (Å²) in [6, 6.07) is 3.41. The minimum atomic E-state index is -3.45. The first-order valence-corrected chi connectivity index (χ1v) is 11.5. The number of piperazine rings is 1. The normalized spacial score (nSPS) is 20.4. The van der Waals surface area contributed by atoms with Gasteiger partial charge in [0.05, 0.1) is 11.6 Å². The van der Waals surface area contributed by atoms with E-state index in [1.165, 1.54) is 16.9 Å². The maximum Gasteiger partial charge on any atom is 0.282 e. The lowest BCUT2D eigenvalue weighted by atomic mass is 9.96. The van der Waals surface area contributed by atoms with Crippen LogP contribution in [0.3, 0.4) is 0 Å². The number of anilines is 1. The average molecular weight is 430 g/mol. The summed E-state index contributed by atoms with van der Waals surface area (Å²) in [4.78, 5) is 18.2. The van der Waals surface area contributed by atoms with Crippen LogP contribution in [0.25, 0.3) is 0 Å². The zero-order valence-electron chi connectivity index (χ0n) is 16.2. The van der Waals surface area contributed by atoms with E-state index in [-0.39, 0.29) is 18.5 Å². The van der Waals surface area contributed by atoms with Crippen LogP contribution in [-0.4, -0.2) is 78.6 Å². The number of hydrogen-bond donors (Lipinski definition) is 1. The van der Waals surface area contributed by atoms with Crippen molar-refractivity contribution in [2.75, 3.05) is 45.1 Å². The molecule has 1 aliphatic carbocycles. The number of halogens is 1. The molecule has 1 amide bonds. The second-order valence-corrected chi connectivity index (χ2v) is 9.83. The molecule has 2 heterocycles. The molecule has 1 N–H and O–H groups in total. The van der Waals surface area contributed by atoms with Crippen molar-refractivity contribution in [3.8, 4) is 0 Å². The molecule has 3 rings (SSSR count). The molecule has 2 fully saturated rings. The Morgan fingerprint density at radius 1 is 1.21 bits per heavy atom. The summed E-state index contributed by atoms with van der Waals surface area (Å²) in [5.74, 6) is 0.273. The van der Waals surface area contributed by atoms with E-state index in [2.05, 4.69) is 10.3 Å². The van der Waals surface area contributed by atoms with Gasteiger partial charge in [0.1, 0.15) is 5.82 Å². The lowest BCUT2D eigenvalue weighted by Gasteiger charge is -2.38. The molecular formula is C18H28ClN5O3S. The Morgan fingerprint density at radius 2 is 1.89 bits per heavy atom. The highest BCUT2D eigenvalue weighted by molar-refractivity contribution is 7.86. The van der Waals surface area contributed by atoms with Crippen LogP contribution in [-0.2, 0) is 15.0 Å². The van der Waals surface area contributed by atoms with E-state index in [1.54, 1.807) is 23.5 Å². The largest absolute Gasteiger partial charge is 0.310 e. The smallest absolute Gasteiger partial charge is 0.282 e. The SMILES string of the molecule is CN(C1CCCCC1)S(=O)(=O)N1CCN(CC(=O)Nc2ccc(Cl)cn2)CC1. The van der Waals surface area contributed by atoms with Crippen molar-refractivity contribution >= 4 is 33.5 Å². The zero-order valence-corrected chi connectivity index (χ0v) is 17.8. The number of carbonyl (C=O) groups excluding carboxylic acids is 1. The van der Waals surface area contributed by atoms with Crippen molar-refractivity contribution in [3.05, 3.63) is 23.4 Å². The quantitative estimate of drug-likeness (QED) is 0.745. The first kappa shape index (κ1) is 21.4. The molecule has 0 atom stereocenters. The predicted molar refractivity (Wildman–Crippen MR) is 109 cm³/mol. The van der Waals surface area contributed by atoms with Crippen molar-refractivity contribution in [1.29, 1.82) is 0 Å². The van der Waals surface area contributed by atoms with Gasteiger partial charge >= 0.3 is 0 Å². The molecule has 1 aromatic heterocycles. The third kappa shape index (κ3) is 5.42. The van der Waals surface area contributed by atoms with Crippen LogP contribution in [0, 0.1) is 0 Å². The van der Waals surface area contributed by atoms with Crippen molar-refractivity contribution in [1.82, 2.24) is 18.5 Å². The summed E-state index contributed by atoms with van der Waals surface area (Å²) in [6.07, 6.45) is 6.73. The molecule has 0 radical (unpaired) electrons. The number of carbonyl (C=O) groups is 1. The molecule has 1 saturated heterocycles. The van der Waals surface area contributed by atoms with Gasteiger partial charge in [-0.1, -0.05) is 30.9 Å². The lowest BCUT2D eigenvalue weighted by molar-refractivity contribution is -0.117. The van der Waals surface area contributed by atoms with Crippen LogP contribution in [0.15, 0.2) is 18.3 Å². The topological polar surface area (TPSA) is 85.9 Å². The number of pyridine rings is 1. The van der Waals surface area contributed by atoms with E-state index >= 15 is 0 Å². The molecule has 0 aromatic carbocycles. The monoisotopic (exact) mass is 429 g/mol. The van der Waals surface area contributed by atoms with Crippen LogP contribution in [0.2, 0.25) is 5.02 Å². The van der Waals surface area contributed by atoms with E-state index in [0.29, 0.717) is 37.0 Å². The molecule has 1 saturated carbocycles. The Hall–Kier alpha value is -1.26. The van der Waals surface area contributed by atoms with E-state index in [1.807, 2.05) is 4.90 Å². The molecule has 1 aliphatic heterocycles. The van der Waals surface area contributed by atoms with Crippen LogP contribution >= 0.6 is 11.6 Å². The van der Waals surface area contributed by atoms with Gasteiger partial charge in [-0.25, -0.2) is 4.98 Å². The second-order valence-electron chi connectivity index (χ2n) is 7.40. The third-order valence-electron chi connectivity index (χ3n) is 5.47. The van der Waals surface area contributed by atoms with Gasteiger partial charge in [0.25, 0.3) is 10.2 Å². The first-order chi connectivity index (χ1) is 13.4. The summed E-state index contributed by atoms with van der Waals surface area (Å²) in [5, 5.41) is 3.24. The number of hydrogen-bond acceptors (Lipinski definition) is 5. The van der Waals surface area contributed by atoms with Gasteiger partial charge < -0.3 is 5.32 Å². The summed E-state index contributed by atoms with van der Waals surface area (Å²) < 4.78 is 28.9. The van der Waals surface area contributed by atoms with Crippen molar-refractivity contribution in [2.24, 2.45) is 0 Å². The maximum atomic E-state index is 12.9. The van der Waals surface area contributed by atoms with Gasteiger partial charge in [0.2, 0.25) is 5.91 Å². The summed E-state index contributed by atoms with van der Waals surface area (Å²) in [6.45, 7) is 2.05. The summed E-state index contributed by atoms with van der Waals surface area (Å²) in [5.41, 5.74) is 0. The van der Waals surface area contributed by atoms with Gasteiger partial charge in [0, 0.05) is 45.5 Å². The van der Waals surface area contributed by atoms with Crippen molar-refractivity contribution in [2.45, 2.75) is 38.1 Å². The fourth-order valence-corrected chi connectivity index (χ4v) is 5.46. The molecule has 156 valence electrons. The lowest BCUT2D eigenvalue weighted by Crippen LogP contribution is -2.55. The van der Waals surface area contributed by atoms with Crippen molar-refractivity contribution < 1.29 is 13.2 Å². The van der Waals surface area contributed by atoms with Gasteiger partial charge in [-0.05, 0) is 25.0 Å². The van der Waals surface area contributed by atoms with E-state index < -0.39 is 10.2 Å². The Labute approximate surface area is 172 Å². The van der Waals surface area contributed by atoms with Crippen LogP contribution < -0.4 is 5.32 Å². The molecule has 10 heteroatoms. The minimum absolute atomic E-state index is 0.106. The summed E-state index contributed by atoms with van der Waals surface area (Å²) in [7, 11) is -1.75. The molecule has 8 nitrogen and oxygen atoms in total. The highest BCUT2D eigenvalue weighted by Crippen LogP contribution is 2.25. The van der Waals surface area contributed by atoms with Crippen molar-refractivity contribution in [3.63, 3.8) is 0 Å². The second kappa shape index (κ2) is 9.49. The molecule has 0 bridgehead atoms. The number of nitrogens with zero attached hydrogens (tertiary/aromatic N) is 4. The molecule has 28 heavy (non-hydrogen) atoms. The molecular weight excluding hydrogens is 402 g/mol. The Kier molecular flexibility index (Phi) is 7.27. The van der Waals surface area contributed by atoms with Gasteiger partial charge in [-0.3, -0.25) is 9.69 Å². The zero-order chi connectivity index (χ0) is 20.1. The number of amides is 1. The highest BCUT2D eigenvalue weighted by atomic mass is 35.5. The standard InChI is InChI=1S/C18H28ClN5O3S/c1-22(16-5-3-2-4-6-16)28(26,27)24-11-9-23(10-12-24)14-18(25)21-17-8-7-15(19)13-20-17/h7-8,13,16H,2-6,9-12,14H2,1H3,(H,20,21,25). The highest BCUT2D eigenvalue weighted by Gasteiger charge is 2.34. The first-order valence-electron chi connectivity index (χ1n) is 9.73. The third-order valence-corrected chi connectivity index (χ3v) is 7.74. The minimum Gasteiger partial charge on any atom is -0.310 e. The number of rotatable bonds is 6. The van der Waals surface area contributed by atoms with Gasteiger partial charge in [0.15, 0.2) is 0 Å². The Morgan fingerprint density at radius 3 is 2.50 bits per heavy atom. The molecule has 0 unspecified atom stereocenters. The van der Waals surface area contributed by atoms with E-state index in [4.69, 9.17) is 11.6 Å². The van der Waals surface area contributed by atoms with Crippen LogP contribution in [0.5, 0.6) is 0 Å². The van der Waals surface area contributed by atoms with Gasteiger partial charge in [-0.2, -0.15) is 17.0 Å². The Balaban J connectivity index is 1.48. The maximum absolute atomic E-state index is 12.9.